The fourth-order valence-corrected chi connectivity index (χ4v) is 3.19. The molecule has 0 spiro atoms. The molecule has 100 valence electrons. The molecule has 1 rings (SSSR count). The van der Waals surface area contributed by atoms with Crippen molar-refractivity contribution >= 4 is 5.97 Å². The third kappa shape index (κ3) is 5.07. The van der Waals surface area contributed by atoms with Crippen LogP contribution in [-0.4, -0.2) is 35.1 Å². The smallest absolute Gasteiger partial charge is 0.317 e. The summed E-state index contributed by atoms with van der Waals surface area (Å²) >= 11 is 0. The van der Waals surface area contributed by atoms with Crippen molar-refractivity contribution < 1.29 is 9.90 Å². The molecule has 3 nitrogen and oxygen atoms in total. The maximum atomic E-state index is 11.0. The molecule has 1 N–H and O–H groups in total. The number of carboxylic acids is 1. The minimum Gasteiger partial charge on any atom is -0.480 e. The first-order valence-electron chi connectivity index (χ1n) is 6.84. The number of hydrogen-bond donors (Lipinski definition) is 1. The van der Waals surface area contributed by atoms with Crippen LogP contribution in [0.5, 0.6) is 0 Å². The van der Waals surface area contributed by atoms with Crippen LogP contribution in [0.25, 0.3) is 0 Å². The third-order valence-electron chi connectivity index (χ3n) is 3.61. The van der Waals surface area contributed by atoms with E-state index in [2.05, 4.69) is 32.6 Å². The Morgan fingerprint density at radius 3 is 2.18 bits per heavy atom. The van der Waals surface area contributed by atoms with Gasteiger partial charge in [0.1, 0.15) is 0 Å². The Labute approximate surface area is 105 Å². The molecule has 17 heavy (non-hydrogen) atoms. The molecule has 0 saturated heterocycles. The Hall–Kier alpha value is -0.570. The number of carboxylic acid groups (broad SMARTS) is 1. The maximum Gasteiger partial charge on any atom is 0.317 e. The van der Waals surface area contributed by atoms with Gasteiger partial charge < -0.3 is 5.11 Å². The van der Waals surface area contributed by atoms with Crippen LogP contribution in [0.1, 0.15) is 47.0 Å². The van der Waals surface area contributed by atoms with E-state index >= 15 is 0 Å². The lowest BCUT2D eigenvalue weighted by Crippen LogP contribution is -2.44. The second kappa shape index (κ2) is 6.39. The maximum absolute atomic E-state index is 11.0. The molecule has 1 aliphatic carbocycles. The highest BCUT2D eigenvalue weighted by Gasteiger charge is 2.29. The molecule has 0 heterocycles. The van der Waals surface area contributed by atoms with E-state index in [0.29, 0.717) is 12.0 Å². The zero-order valence-electron chi connectivity index (χ0n) is 11.6. The molecule has 3 heteroatoms. The number of nitrogens with zero attached hydrogens (tertiary/aromatic N) is 1. The van der Waals surface area contributed by atoms with Crippen molar-refractivity contribution in [3.05, 3.63) is 0 Å². The first-order valence-corrected chi connectivity index (χ1v) is 6.84. The highest BCUT2D eigenvalue weighted by molar-refractivity contribution is 5.69. The van der Waals surface area contributed by atoms with Crippen molar-refractivity contribution in [3.8, 4) is 0 Å². The summed E-state index contributed by atoms with van der Waals surface area (Å²) in [6.45, 7) is 9.99. The van der Waals surface area contributed by atoms with Crippen molar-refractivity contribution in [2.45, 2.75) is 53.0 Å². The molecular weight excluding hydrogens is 214 g/mol. The highest BCUT2D eigenvalue weighted by Crippen LogP contribution is 2.31. The molecule has 0 bridgehead atoms. The van der Waals surface area contributed by atoms with Crippen molar-refractivity contribution in [2.75, 3.05) is 13.1 Å². The van der Waals surface area contributed by atoms with Crippen LogP contribution in [0.3, 0.4) is 0 Å². The Balaban J connectivity index is 2.63. The number of carbonyl (C=O) groups is 1. The van der Waals surface area contributed by atoms with Gasteiger partial charge in [-0.05, 0) is 37.0 Å². The molecule has 0 aromatic rings. The fourth-order valence-electron chi connectivity index (χ4n) is 3.19. The average molecular weight is 241 g/mol. The van der Waals surface area contributed by atoms with Crippen molar-refractivity contribution in [3.63, 3.8) is 0 Å². The van der Waals surface area contributed by atoms with Gasteiger partial charge in [-0.2, -0.15) is 0 Å². The quantitative estimate of drug-likeness (QED) is 0.804. The predicted octanol–water partition coefficient (Wildman–Crippen LogP) is 2.85. The van der Waals surface area contributed by atoms with Gasteiger partial charge in [-0.15, -0.1) is 0 Å². The van der Waals surface area contributed by atoms with Crippen LogP contribution in [0, 0.1) is 17.8 Å². The van der Waals surface area contributed by atoms with E-state index in [1.165, 1.54) is 6.42 Å². The lowest BCUT2D eigenvalue weighted by molar-refractivity contribution is -0.139. The molecule has 1 aliphatic rings. The van der Waals surface area contributed by atoms with Crippen LogP contribution < -0.4 is 0 Å². The Morgan fingerprint density at radius 2 is 1.76 bits per heavy atom. The first kappa shape index (κ1) is 14.5. The molecule has 0 aromatic heterocycles. The van der Waals surface area contributed by atoms with Crippen molar-refractivity contribution in [2.24, 2.45) is 17.8 Å². The molecule has 2 atom stereocenters. The van der Waals surface area contributed by atoms with Gasteiger partial charge in [-0.25, -0.2) is 0 Å². The van der Waals surface area contributed by atoms with E-state index in [9.17, 15) is 4.79 Å². The van der Waals surface area contributed by atoms with Gasteiger partial charge in [0.25, 0.3) is 0 Å². The van der Waals surface area contributed by atoms with E-state index < -0.39 is 5.97 Å². The Bertz CT molecular complexity index is 243. The van der Waals surface area contributed by atoms with Crippen LogP contribution in [0.2, 0.25) is 0 Å². The van der Waals surface area contributed by atoms with E-state index in [1.54, 1.807) is 0 Å². The van der Waals surface area contributed by atoms with Crippen LogP contribution in [0.15, 0.2) is 0 Å². The van der Waals surface area contributed by atoms with Gasteiger partial charge in [0, 0.05) is 12.6 Å². The van der Waals surface area contributed by atoms with E-state index in [4.69, 9.17) is 5.11 Å². The summed E-state index contributed by atoms with van der Waals surface area (Å²) in [5.74, 6) is 1.29. The van der Waals surface area contributed by atoms with Gasteiger partial charge in [0.2, 0.25) is 0 Å². The monoisotopic (exact) mass is 241 g/mol. The standard InChI is InChI=1S/C14H27NO2/c1-10(2)8-15(9-14(16)17)13-6-11(3)5-12(4)7-13/h10-13H,5-9H2,1-4H3,(H,16,17). The molecule has 1 fully saturated rings. The lowest BCUT2D eigenvalue weighted by atomic mass is 9.79. The van der Waals surface area contributed by atoms with Gasteiger partial charge in [0.15, 0.2) is 0 Å². The Morgan fingerprint density at radius 1 is 1.24 bits per heavy atom. The second-order valence-corrected chi connectivity index (χ2v) is 6.29. The van der Waals surface area contributed by atoms with Crippen LogP contribution in [0.4, 0.5) is 0 Å². The number of hydrogen-bond acceptors (Lipinski definition) is 2. The lowest BCUT2D eigenvalue weighted by Gasteiger charge is -2.39. The summed E-state index contributed by atoms with van der Waals surface area (Å²) in [6.07, 6.45) is 3.60. The van der Waals surface area contributed by atoms with Gasteiger partial charge in [-0.1, -0.05) is 27.7 Å². The summed E-state index contributed by atoms with van der Waals surface area (Å²) < 4.78 is 0. The fraction of sp³-hybridized carbons (Fsp3) is 0.929. The predicted molar refractivity (Wildman–Crippen MR) is 70.0 cm³/mol. The van der Waals surface area contributed by atoms with Crippen molar-refractivity contribution in [1.82, 2.24) is 4.90 Å². The van der Waals surface area contributed by atoms with E-state index in [-0.39, 0.29) is 6.54 Å². The SMILES string of the molecule is CC(C)CN(CC(=O)O)C1CC(C)CC(C)C1. The number of aliphatic carboxylic acids is 1. The van der Waals surface area contributed by atoms with E-state index in [1.807, 2.05) is 0 Å². The molecule has 0 aliphatic heterocycles. The Kier molecular flexibility index (Phi) is 5.44. The minimum atomic E-state index is -0.698. The van der Waals surface area contributed by atoms with Gasteiger partial charge in [-0.3, -0.25) is 9.69 Å². The zero-order chi connectivity index (χ0) is 13.0. The summed E-state index contributed by atoms with van der Waals surface area (Å²) in [7, 11) is 0. The topological polar surface area (TPSA) is 40.5 Å². The molecule has 0 amide bonds. The molecule has 2 unspecified atom stereocenters. The largest absolute Gasteiger partial charge is 0.480 e. The molecule has 0 aromatic carbocycles. The van der Waals surface area contributed by atoms with Crippen LogP contribution in [-0.2, 0) is 4.79 Å². The average Bonchev–Trinajstić information content (AvgIpc) is 2.13. The summed E-state index contributed by atoms with van der Waals surface area (Å²) in [5.41, 5.74) is 0. The minimum absolute atomic E-state index is 0.197. The molecule has 0 radical (unpaired) electrons. The summed E-state index contributed by atoms with van der Waals surface area (Å²) in [6, 6.07) is 0.465. The van der Waals surface area contributed by atoms with Crippen molar-refractivity contribution in [1.29, 1.82) is 0 Å². The van der Waals surface area contributed by atoms with E-state index in [0.717, 1.165) is 31.2 Å². The first-order chi connectivity index (χ1) is 7.88. The normalized spacial score (nSPS) is 29.9. The molecule has 1 saturated carbocycles. The highest BCUT2D eigenvalue weighted by atomic mass is 16.4. The van der Waals surface area contributed by atoms with Crippen LogP contribution >= 0.6 is 0 Å². The zero-order valence-corrected chi connectivity index (χ0v) is 11.6. The molecular formula is C14H27NO2. The third-order valence-corrected chi connectivity index (χ3v) is 3.61. The van der Waals surface area contributed by atoms with Gasteiger partial charge in [0.05, 0.1) is 6.54 Å². The summed E-state index contributed by atoms with van der Waals surface area (Å²) in [4.78, 5) is 13.1. The second-order valence-electron chi connectivity index (χ2n) is 6.29. The van der Waals surface area contributed by atoms with Gasteiger partial charge >= 0.3 is 5.97 Å². The summed E-state index contributed by atoms with van der Waals surface area (Å²) in [5, 5.41) is 9.02. The number of rotatable bonds is 5.